The highest BCUT2D eigenvalue weighted by Gasteiger charge is 2.55. The summed E-state index contributed by atoms with van der Waals surface area (Å²) in [5.74, 6) is -0.271. The van der Waals surface area contributed by atoms with Crippen molar-refractivity contribution >= 4 is 17.4 Å². The van der Waals surface area contributed by atoms with Crippen LogP contribution in [0.3, 0.4) is 0 Å². The predicted octanol–water partition coefficient (Wildman–Crippen LogP) is 5.64. The lowest BCUT2D eigenvalue weighted by Crippen LogP contribution is -2.48. The highest BCUT2D eigenvalue weighted by Crippen LogP contribution is 2.52. The van der Waals surface area contributed by atoms with Crippen LogP contribution in [-0.2, 0) is 11.0 Å². The van der Waals surface area contributed by atoms with Crippen LogP contribution in [0.5, 0.6) is 0 Å². The van der Waals surface area contributed by atoms with Crippen LogP contribution in [0.4, 0.5) is 24.7 Å². The molecule has 2 fully saturated rings. The van der Waals surface area contributed by atoms with Crippen LogP contribution in [0.15, 0.2) is 30.3 Å². The molecule has 1 aromatic heterocycles. The second kappa shape index (κ2) is 8.61. The number of fused-ring (bicyclic) bond motifs is 1. The van der Waals surface area contributed by atoms with Gasteiger partial charge in [0.1, 0.15) is 23.5 Å². The summed E-state index contributed by atoms with van der Waals surface area (Å²) in [5.41, 5.74) is 0.127. The van der Waals surface area contributed by atoms with Gasteiger partial charge >= 0.3 is 6.18 Å². The molecule has 0 unspecified atom stereocenters. The fraction of sp³-hybridized carbons (Fsp3) is 0.500. The van der Waals surface area contributed by atoms with Gasteiger partial charge in [-0.3, -0.25) is 4.79 Å². The maximum Gasteiger partial charge on any atom is 0.417 e. The van der Waals surface area contributed by atoms with E-state index in [9.17, 15) is 23.2 Å². The van der Waals surface area contributed by atoms with E-state index in [2.05, 4.69) is 11.9 Å². The molecule has 3 atom stereocenters. The molecule has 4 rings (SSSR count). The lowest BCUT2D eigenvalue weighted by atomic mass is 9.67. The van der Waals surface area contributed by atoms with E-state index in [4.69, 9.17) is 0 Å². The molecule has 1 aliphatic heterocycles. The number of carbonyl (C=O) groups excluding carboxylic acids is 1. The molecule has 34 heavy (non-hydrogen) atoms. The monoisotopic (exact) mass is 470 g/mol. The van der Waals surface area contributed by atoms with Crippen molar-refractivity contribution in [2.45, 2.75) is 58.7 Å². The molecule has 0 spiro atoms. The van der Waals surface area contributed by atoms with Crippen molar-refractivity contribution in [1.29, 1.82) is 5.26 Å². The summed E-state index contributed by atoms with van der Waals surface area (Å²) in [4.78, 5) is 21.6. The van der Waals surface area contributed by atoms with E-state index in [1.165, 1.54) is 6.92 Å². The summed E-state index contributed by atoms with van der Waals surface area (Å²) in [6, 6.07) is 9.52. The number of aromatic nitrogens is 1. The van der Waals surface area contributed by atoms with Crippen molar-refractivity contribution in [2.24, 2.45) is 11.3 Å². The zero-order valence-corrected chi connectivity index (χ0v) is 19.9. The molecular formula is C26H29F3N4O. The summed E-state index contributed by atoms with van der Waals surface area (Å²) >= 11 is 0. The number of aryl methyl sites for hydroxylation is 2. The third kappa shape index (κ3) is 4.13. The standard InChI is InChI=1S/C26H29F3N4O/c1-16-8-7-9-18(12-16)32(4)24(34)22-20-10-5-6-11-25(20,3)15-33(22)23-19(14-30)21(26(27,28)29)13-17(2)31-23/h7-9,12-13,20,22H,5-6,10-11,15H2,1-4H3/t20-,22+,25+/m1/s1. The average Bonchev–Trinajstić information content (AvgIpc) is 3.09. The molecule has 1 aromatic carbocycles. The number of alkyl halides is 3. The Kier molecular flexibility index (Phi) is 6.09. The Hall–Kier alpha value is -3.08. The van der Waals surface area contributed by atoms with Gasteiger partial charge in [-0.1, -0.05) is 31.9 Å². The van der Waals surface area contributed by atoms with Gasteiger partial charge in [0.25, 0.3) is 0 Å². The number of benzene rings is 1. The number of anilines is 2. The number of rotatable bonds is 3. The summed E-state index contributed by atoms with van der Waals surface area (Å²) < 4.78 is 41.5. The molecule has 2 aromatic rings. The summed E-state index contributed by atoms with van der Waals surface area (Å²) in [5, 5.41) is 9.77. The molecule has 2 aliphatic rings. The van der Waals surface area contributed by atoms with Crippen LogP contribution >= 0.6 is 0 Å². The largest absolute Gasteiger partial charge is 0.417 e. The minimum absolute atomic E-state index is 0.0378. The van der Waals surface area contributed by atoms with Crippen molar-refractivity contribution in [3.8, 4) is 6.07 Å². The van der Waals surface area contributed by atoms with Crippen molar-refractivity contribution < 1.29 is 18.0 Å². The van der Waals surface area contributed by atoms with Crippen molar-refractivity contribution in [3.05, 3.63) is 52.7 Å². The Morgan fingerprint density at radius 2 is 2.00 bits per heavy atom. The van der Waals surface area contributed by atoms with E-state index < -0.39 is 23.3 Å². The summed E-state index contributed by atoms with van der Waals surface area (Å²) in [6.45, 7) is 5.92. The first kappa shape index (κ1) is 24.1. The molecule has 0 N–H and O–H groups in total. The molecule has 8 heteroatoms. The van der Waals surface area contributed by atoms with Gasteiger partial charge in [-0.05, 0) is 61.8 Å². The molecular weight excluding hydrogens is 441 g/mol. The van der Waals surface area contributed by atoms with Crippen molar-refractivity contribution in [2.75, 3.05) is 23.4 Å². The third-order valence-electron chi connectivity index (χ3n) is 7.45. The molecule has 0 bridgehead atoms. The van der Waals surface area contributed by atoms with Gasteiger partial charge < -0.3 is 9.80 Å². The van der Waals surface area contributed by atoms with Gasteiger partial charge in [-0.2, -0.15) is 18.4 Å². The topological polar surface area (TPSA) is 60.2 Å². The highest BCUT2D eigenvalue weighted by atomic mass is 19.4. The minimum atomic E-state index is -4.69. The third-order valence-corrected chi connectivity index (χ3v) is 7.45. The summed E-state index contributed by atoms with van der Waals surface area (Å²) in [6.07, 6.45) is -1.03. The lowest BCUT2D eigenvalue weighted by molar-refractivity contribution is -0.137. The van der Waals surface area contributed by atoms with Crippen LogP contribution < -0.4 is 9.80 Å². The first-order valence-corrected chi connectivity index (χ1v) is 11.6. The van der Waals surface area contributed by atoms with Gasteiger partial charge in [0.15, 0.2) is 0 Å². The number of likely N-dealkylation sites (N-methyl/N-ethyl adjacent to an activating group) is 1. The van der Waals surface area contributed by atoms with Gasteiger partial charge in [0, 0.05) is 25.0 Å². The second-order valence-electron chi connectivity index (χ2n) is 9.93. The molecule has 180 valence electrons. The van der Waals surface area contributed by atoms with E-state index in [0.717, 1.165) is 43.0 Å². The number of amides is 1. The number of halogens is 3. The Morgan fingerprint density at radius 1 is 1.26 bits per heavy atom. The number of hydrogen-bond acceptors (Lipinski definition) is 4. The van der Waals surface area contributed by atoms with Crippen molar-refractivity contribution in [1.82, 2.24) is 4.98 Å². The van der Waals surface area contributed by atoms with Crippen LogP contribution in [0.25, 0.3) is 0 Å². The van der Waals surface area contributed by atoms with E-state index >= 15 is 0 Å². The summed E-state index contributed by atoms with van der Waals surface area (Å²) in [7, 11) is 1.70. The van der Waals surface area contributed by atoms with E-state index in [-0.39, 0.29) is 28.8 Å². The van der Waals surface area contributed by atoms with Crippen molar-refractivity contribution in [3.63, 3.8) is 0 Å². The Bertz CT molecular complexity index is 1160. The normalized spacial score (nSPS) is 24.5. The number of pyridine rings is 1. The zero-order chi connectivity index (χ0) is 24.8. The van der Waals surface area contributed by atoms with Crippen LogP contribution in [0.1, 0.15) is 55.0 Å². The minimum Gasteiger partial charge on any atom is -0.343 e. The first-order valence-electron chi connectivity index (χ1n) is 11.6. The van der Waals surface area contributed by atoms with Gasteiger partial charge in [-0.15, -0.1) is 0 Å². The van der Waals surface area contributed by atoms with Gasteiger partial charge in [-0.25, -0.2) is 4.98 Å². The van der Waals surface area contributed by atoms with Gasteiger partial charge in [0.05, 0.1) is 5.56 Å². The number of hydrogen-bond donors (Lipinski definition) is 0. The average molecular weight is 471 g/mol. The van der Waals surface area contributed by atoms with Crippen LogP contribution in [0.2, 0.25) is 0 Å². The highest BCUT2D eigenvalue weighted by molar-refractivity contribution is 5.99. The van der Waals surface area contributed by atoms with Crippen LogP contribution in [-0.4, -0.2) is 30.5 Å². The lowest BCUT2D eigenvalue weighted by Gasteiger charge is -2.37. The maximum absolute atomic E-state index is 14.0. The molecule has 0 radical (unpaired) electrons. The number of nitrogens with zero attached hydrogens (tertiary/aromatic N) is 4. The van der Waals surface area contributed by atoms with E-state index in [1.54, 1.807) is 22.9 Å². The quantitative estimate of drug-likeness (QED) is 0.583. The molecule has 1 aliphatic carbocycles. The first-order chi connectivity index (χ1) is 16.0. The fourth-order valence-corrected chi connectivity index (χ4v) is 5.74. The molecule has 1 saturated carbocycles. The van der Waals surface area contributed by atoms with E-state index in [1.807, 2.05) is 31.2 Å². The SMILES string of the molecule is Cc1cccc(N(C)C(=O)[C@@H]2[C@H]3CCCC[C@@]3(C)CN2c2nc(C)cc(C(F)(F)F)c2C#N)c1. The Labute approximate surface area is 198 Å². The molecule has 1 saturated heterocycles. The van der Waals surface area contributed by atoms with Crippen LogP contribution in [0, 0.1) is 36.5 Å². The predicted molar refractivity (Wildman–Crippen MR) is 124 cm³/mol. The molecule has 5 nitrogen and oxygen atoms in total. The zero-order valence-electron chi connectivity index (χ0n) is 19.9. The van der Waals surface area contributed by atoms with E-state index in [0.29, 0.717) is 6.54 Å². The molecule has 1 amide bonds. The Morgan fingerprint density at radius 3 is 2.65 bits per heavy atom. The number of carbonyl (C=O) groups is 1. The Balaban J connectivity index is 1.85. The smallest absolute Gasteiger partial charge is 0.343 e. The maximum atomic E-state index is 14.0. The fourth-order valence-electron chi connectivity index (χ4n) is 5.74. The molecule has 2 heterocycles. The second-order valence-corrected chi connectivity index (χ2v) is 9.93. The van der Waals surface area contributed by atoms with Gasteiger partial charge in [0.2, 0.25) is 5.91 Å². The number of nitriles is 1.